The Bertz CT molecular complexity index is 65.9. The van der Waals surface area contributed by atoms with Gasteiger partial charge in [-0.3, -0.25) is 0 Å². The molecule has 0 aromatic heterocycles. The molecule has 0 heterocycles. The second-order valence-electron chi connectivity index (χ2n) is 2.60. The van der Waals surface area contributed by atoms with Gasteiger partial charge in [0.1, 0.15) is 0 Å². The van der Waals surface area contributed by atoms with E-state index in [4.69, 9.17) is 11.5 Å². The molecule has 0 bridgehead atoms. The molecule has 0 aliphatic rings. The van der Waals surface area contributed by atoms with Gasteiger partial charge in [-0.1, -0.05) is 6.42 Å². The van der Waals surface area contributed by atoms with E-state index in [0.717, 1.165) is 13.0 Å². The lowest BCUT2D eigenvalue weighted by molar-refractivity contribution is 0.560. The molecule has 1 unspecified atom stereocenters. The van der Waals surface area contributed by atoms with Crippen LogP contribution in [0.5, 0.6) is 0 Å². The topological polar surface area (TPSA) is 64.1 Å². The summed E-state index contributed by atoms with van der Waals surface area (Å²) in [4.78, 5) is 0. The fourth-order valence-electron chi connectivity index (χ4n) is 0.826. The number of nitrogens with one attached hydrogen (secondary N) is 1. The van der Waals surface area contributed by atoms with E-state index in [2.05, 4.69) is 5.32 Å². The average molecular weight is 145 g/mol. The number of unbranched alkanes of at least 4 members (excludes halogenated alkanes) is 1. The van der Waals surface area contributed by atoms with Crippen molar-refractivity contribution in [1.82, 2.24) is 5.32 Å². The van der Waals surface area contributed by atoms with Crippen molar-refractivity contribution < 1.29 is 0 Å². The molecule has 0 saturated carbocycles. The predicted molar refractivity (Wildman–Crippen MR) is 44.8 cm³/mol. The maximum Gasteiger partial charge on any atom is 0.0163 e. The quantitative estimate of drug-likeness (QED) is 0.448. The lowest BCUT2D eigenvalue weighted by atomic mass is 10.1. The zero-order chi connectivity index (χ0) is 7.82. The Morgan fingerprint density at radius 1 is 1.40 bits per heavy atom. The predicted octanol–water partition coefficient (Wildman–Crippen LogP) is -0.338. The summed E-state index contributed by atoms with van der Waals surface area (Å²) in [5.74, 6) is 0. The molecule has 0 fully saturated rings. The van der Waals surface area contributed by atoms with Crippen molar-refractivity contribution in [2.24, 2.45) is 11.5 Å². The van der Waals surface area contributed by atoms with E-state index >= 15 is 0 Å². The van der Waals surface area contributed by atoms with Gasteiger partial charge in [-0.15, -0.1) is 0 Å². The molecule has 5 N–H and O–H groups in total. The van der Waals surface area contributed by atoms with Crippen LogP contribution in [-0.4, -0.2) is 26.2 Å². The van der Waals surface area contributed by atoms with Gasteiger partial charge >= 0.3 is 0 Å². The Balaban J connectivity index is 2.89. The Morgan fingerprint density at radius 3 is 2.60 bits per heavy atom. The highest BCUT2D eigenvalue weighted by Gasteiger charge is 1.96. The van der Waals surface area contributed by atoms with E-state index in [-0.39, 0.29) is 6.04 Å². The zero-order valence-corrected chi connectivity index (χ0v) is 6.77. The maximum absolute atomic E-state index is 5.61. The molecule has 3 nitrogen and oxygen atoms in total. The van der Waals surface area contributed by atoms with E-state index in [1.54, 1.807) is 0 Å². The first kappa shape index (κ1) is 9.88. The van der Waals surface area contributed by atoms with Crippen LogP contribution in [-0.2, 0) is 0 Å². The van der Waals surface area contributed by atoms with Crippen molar-refractivity contribution in [2.75, 3.05) is 20.1 Å². The molecule has 10 heavy (non-hydrogen) atoms. The smallest absolute Gasteiger partial charge is 0.0163 e. The fraction of sp³-hybridized carbons (Fsp3) is 1.00. The minimum absolute atomic E-state index is 0.205. The first-order valence-corrected chi connectivity index (χ1v) is 3.91. The van der Waals surface area contributed by atoms with Gasteiger partial charge in [0.05, 0.1) is 0 Å². The Kier molecular flexibility index (Phi) is 6.91. The molecule has 0 amide bonds. The van der Waals surface area contributed by atoms with Crippen molar-refractivity contribution in [2.45, 2.75) is 25.3 Å². The number of nitrogens with two attached hydrogens (primary N) is 2. The largest absolute Gasteiger partial charge is 0.329 e. The molecule has 0 aromatic rings. The lowest BCUT2D eigenvalue weighted by Gasteiger charge is -2.06. The minimum Gasteiger partial charge on any atom is -0.329 e. The highest BCUT2D eigenvalue weighted by molar-refractivity contribution is 4.60. The van der Waals surface area contributed by atoms with Gasteiger partial charge in [0.25, 0.3) is 0 Å². The van der Waals surface area contributed by atoms with Crippen LogP contribution < -0.4 is 16.8 Å². The lowest BCUT2D eigenvalue weighted by Crippen LogP contribution is -2.29. The van der Waals surface area contributed by atoms with Gasteiger partial charge in [0.2, 0.25) is 0 Å². The molecule has 0 spiro atoms. The number of rotatable bonds is 6. The highest BCUT2D eigenvalue weighted by atomic mass is 14.8. The van der Waals surface area contributed by atoms with Crippen LogP contribution in [0.4, 0.5) is 0 Å². The van der Waals surface area contributed by atoms with Crippen LogP contribution in [0.1, 0.15) is 19.3 Å². The summed E-state index contributed by atoms with van der Waals surface area (Å²) in [5, 5.41) is 3.09. The second-order valence-corrected chi connectivity index (χ2v) is 2.60. The summed E-state index contributed by atoms with van der Waals surface area (Å²) in [5.41, 5.74) is 11.0. The van der Waals surface area contributed by atoms with Gasteiger partial charge < -0.3 is 16.8 Å². The van der Waals surface area contributed by atoms with Crippen molar-refractivity contribution in [3.8, 4) is 0 Å². The summed E-state index contributed by atoms with van der Waals surface area (Å²) in [6, 6.07) is 0.205. The molecule has 0 aliphatic carbocycles. The van der Waals surface area contributed by atoms with Gasteiger partial charge in [0, 0.05) is 12.6 Å². The molecule has 0 saturated heterocycles. The molecular weight excluding hydrogens is 126 g/mol. The average Bonchev–Trinajstić information content (AvgIpc) is 1.98. The van der Waals surface area contributed by atoms with Crippen LogP contribution in [0.3, 0.4) is 0 Å². The van der Waals surface area contributed by atoms with Crippen LogP contribution in [0.2, 0.25) is 0 Å². The van der Waals surface area contributed by atoms with E-state index in [1.165, 1.54) is 12.8 Å². The van der Waals surface area contributed by atoms with Crippen LogP contribution in [0, 0.1) is 0 Å². The molecule has 0 aliphatic heterocycles. The third-order valence-corrected chi connectivity index (χ3v) is 1.55. The minimum atomic E-state index is 0.205. The van der Waals surface area contributed by atoms with E-state index in [9.17, 15) is 0 Å². The molecular formula is C7H19N3. The normalized spacial score (nSPS) is 13.5. The molecule has 3 heteroatoms. The standard InChI is InChI=1S/C7H19N3/c1-10-5-3-2-4-7(9)6-8/h7,10H,2-6,8-9H2,1H3. The van der Waals surface area contributed by atoms with Gasteiger partial charge in [-0.25, -0.2) is 0 Å². The Morgan fingerprint density at radius 2 is 2.10 bits per heavy atom. The van der Waals surface area contributed by atoms with E-state index < -0.39 is 0 Å². The molecule has 0 aromatic carbocycles. The van der Waals surface area contributed by atoms with Crippen LogP contribution in [0.25, 0.3) is 0 Å². The van der Waals surface area contributed by atoms with Crippen molar-refractivity contribution >= 4 is 0 Å². The van der Waals surface area contributed by atoms with Crippen LogP contribution >= 0.6 is 0 Å². The summed E-state index contributed by atoms with van der Waals surface area (Å²) in [6.45, 7) is 1.69. The van der Waals surface area contributed by atoms with E-state index in [1.807, 2.05) is 7.05 Å². The van der Waals surface area contributed by atoms with E-state index in [0.29, 0.717) is 6.54 Å². The first-order valence-electron chi connectivity index (χ1n) is 3.91. The molecule has 0 rings (SSSR count). The second kappa shape index (κ2) is 6.99. The third-order valence-electron chi connectivity index (χ3n) is 1.55. The van der Waals surface area contributed by atoms with Crippen LogP contribution in [0.15, 0.2) is 0 Å². The monoisotopic (exact) mass is 145 g/mol. The van der Waals surface area contributed by atoms with Gasteiger partial charge in [-0.2, -0.15) is 0 Å². The number of hydrogen-bond donors (Lipinski definition) is 3. The van der Waals surface area contributed by atoms with Crippen molar-refractivity contribution in [1.29, 1.82) is 0 Å². The Labute approximate surface area is 63.2 Å². The maximum atomic E-state index is 5.61. The molecule has 0 radical (unpaired) electrons. The SMILES string of the molecule is CNCCCCC(N)CN. The van der Waals surface area contributed by atoms with Gasteiger partial charge in [0.15, 0.2) is 0 Å². The summed E-state index contributed by atoms with van der Waals surface area (Å²) in [6.07, 6.45) is 3.43. The fourth-order valence-corrected chi connectivity index (χ4v) is 0.826. The van der Waals surface area contributed by atoms with Gasteiger partial charge in [-0.05, 0) is 26.4 Å². The highest BCUT2D eigenvalue weighted by Crippen LogP contribution is 1.95. The molecule has 1 atom stereocenters. The summed E-state index contributed by atoms with van der Waals surface area (Å²) >= 11 is 0. The zero-order valence-electron chi connectivity index (χ0n) is 6.77. The van der Waals surface area contributed by atoms with Crippen molar-refractivity contribution in [3.63, 3.8) is 0 Å². The molecule has 62 valence electrons. The Hall–Kier alpha value is -0.120. The third kappa shape index (κ3) is 6.01. The summed E-state index contributed by atoms with van der Waals surface area (Å²) in [7, 11) is 1.96. The number of hydrogen-bond acceptors (Lipinski definition) is 3. The summed E-state index contributed by atoms with van der Waals surface area (Å²) < 4.78 is 0. The van der Waals surface area contributed by atoms with Crippen molar-refractivity contribution in [3.05, 3.63) is 0 Å². The first-order chi connectivity index (χ1) is 4.81.